The molecule has 1 aromatic carbocycles. The Morgan fingerprint density at radius 2 is 2.00 bits per heavy atom. The molecule has 0 aromatic heterocycles. The van der Waals surface area contributed by atoms with Crippen molar-refractivity contribution in [3.63, 3.8) is 0 Å². The third kappa shape index (κ3) is 3.21. The molecule has 1 N–H and O–H groups in total. The van der Waals surface area contributed by atoms with E-state index in [-0.39, 0.29) is 17.8 Å². The van der Waals surface area contributed by atoms with Crippen molar-refractivity contribution in [3.8, 4) is 0 Å². The minimum atomic E-state index is -2.98. The third-order valence-electron chi connectivity index (χ3n) is 3.28. The van der Waals surface area contributed by atoms with Crippen LogP contribution in [0, 0.1) is 0 Å². The summed E-state index contributed by atoms with van der Waals surface area (Å²) >= 11 is 0. The van der Waals surface area contributed by atoms with Crippen LogP contribution in [0.3, 0.4) is 0 Å². The summed E-state index contributed by atoms with van der Waals surface area (Å²) in [7, 11) is -2.98. The van der Waals surface area contributed by atoms with Crippen LogP contribution in [0.25, 0.3) is 0 Å². The highest BCUT2D eigenvalue weighted by Crippen LogP contribution is 2.17. The molecule has 1 aliphatic heterocycles. The van der Waals surface area contributed by atoms with Crippen molar-refractivity contribution in [2.45, 2.75) is 32.4 Å². The maximum atomic E-state index is 11.3. The van der Waals surface area contributed by atoms with Crippen molar-refractivity contribution in [1.82, 2.24) is 5.32 Å². The van der Waals surface area contributed by atoms with Crippen molar-refractivity contribution in [2.75, 3.05) is 5.75 Å². The van der Waals surface area contributed by atoms with Gasteiger partial charge in [-0.2, -0.15) is 0 Å². The summed E-state index contributed by atoms with van der Waals surface area (Å²) < 4.78 is 22.6. The highest BCUT2D eigenvalue weighted by Gasteiger charge is 2.22. The van der Waals surface area contributed by atoms with Gasteiger partial charge < -0.3 is 5.32 Å². The first-order chi connectivity index (χ1) is 8.50. The van der Waals surface area contributed by atoms with Crippen molar-refractivity contribution in [1.29, 1.82) is 0 Å². The average molecular weight is 265 g/mol. The van der Waals surface area contributed by atoms with Gasteiger partial charge in [-0.05, 0) is 24.5 Å². The van der Waals surface area contributed by atoms with Gasteiger partial charge in [0.2, 0.25) is 0 Å². The summed E-state index contributed by atoms with van der Waals surface area (Å²) in [5.41, 5.74) is 2.50. The smallest absolute Gasteiger partial charge is 0.173 e. The Morgan fingerprint density at radius 3 is 2.50 bits per heavy atom. The molecule has 0 radical (unpaired) electrons. The van der Waals surface area contributed by atoms with Crippen molar-refractivity contribution < 1.29 is 8.42 Å². The Morgan fingerprint density at radius 1 is 1.33 bits per heavy atom. The fourth-order valence-electron chi connectivity index (χ4n) is 2.14. The molecule has 1 aliphatic rings. The van der Waals surface area contributed by atoms with Gasteiger partial charge in [-0.15, -0.1) is 0 Å². The van der Waals surface area contributed by atoms with Crippen molar-refractivity contribution >= 4 is 9.84 Å². The van der Waals surface area contributed by atoms with Crippen LogP contribution < -0.4 is 5.32 Å². The molecule has 2 atom stereocenters. The maximum Gasteiger partial charge on any atom is 0.173 e. The van der Waals surface area contributed by atoms with Gasteiger partial charge >= 0.3 is 0 Å². The molecule has 4 heteroatoms. The maximum absolute atomic E-state index is 11.3. The minimum Gasteiger partial charge on any atom is -0.303 e. The van der Waals surface area contributed by atoms with Gasteiger partial charge in [-0.25, -0.2) is 8.42 Å². The van der Waals surface area contributed by atoms with Gasteiger partial charge in [0.15, 0.2) is 9.84 Å². The third-order valence-corrected chi connectivity index (χ3v) is 4.68. The first-order valence-electron chi connectivity index (χ1n) is 6.26. The van der Waals surface area contributed by atoms with Crippen LogP contribution in [0.1, 0.15) is 31.0 Å². The van der Waals surface area contributed by atoms with Crippen LogP contribution >= 0.6 is 0 Å². The van der Waals surface area contributed by atoms with Crippen LogP contribution in [0.5, 0.6) is 0 Å². The first-order valence-corrected chi connectivity index (χ1v) is 7.97. The summed E-state index contributed by atoms with van der Waals surface area (Å²) in [4.78, 5) is 0. The molecule has 1 aromatic rings. The van der Waals surface area contributed by atoms with E-state index >= 15 is 0 Å². The van der Waals surface area contributed by atoms with E-state index in [1.165, 1.54) is 16.5 Å². The molecule has 3 nitrogen and oxygen atoms in total. The lowest BCUT2D eigenvalue weighted by Crippen LogP contribution is -2.32. The molecule has 0 bridgehead atoms. The summed E-state index contributed by atoms with van der Waals surface area (Å²) in [6.45, 7) is 4.19. The van der Waals surface area contributed by atoms with E-state index in [2.05, 4.69) is 43.4 Å². The fourth-order valence-corrected chi connectivity index (χ4v) is 3.39. The number of nitrogens with one attached hydrogen (secondary N) is 1. The second kappa shape index (κ2) is 5.24. The van der Waals surface area contributed by atoms with Crippen LogP contribution in [0.2, 0.25) is 0 Å². The van der Waals surface area contributed by atoms with E-state index in [1.807, 2.05) is 0 Å². The van der Waals surface area contributed by atoms with Gasteiger partial charge in [-0.3, -0.25) is 0 Å². The molecule has 1 heterocycles. The Bertz CT molecular complexity index is 531. The van der Waals surface area contributed by atoms with E-state index in [0.717, 1.165) is 6.42 Å². The topological polar surface area (TPSA) is 46.2 Å². The first kappa shape index (κ1) is 13.3. The van der Waals surface area contributed by atoms with E-state index < -0.39 is 9.84 Å². The number of aryl methyl sites for hydroxylation is 1. The molecule has 0 amide bonds. The summed E-state index contributed by atoms with van der Waals surface area (Å²) in [6, 6.07) is 8.52. The zero-order valence-electron chi connectivity index (χ0n) is 10.8. The zero-order chi connectivity index (χ0) is 13.2. The number of rotatable bonds is 4. The molecule has 0 saturated heterocycles. The van der Waals surface area contributed by atoms with E-state index in [9.17, 15) is 8.42 Å². The number of hydrogen-bond donors (Lipinski definition) is 1. The molecular formula is C14H19NO2S. The summed E-state index contributed by atoms with van der Waals surface area (Å²) in [5.74, 6) is 0.171. The normalized spacial score (nSPS) is 23.1. The Hall–Kier alpha value is -1.13. The van der Waals surface area contributed by atoms with E-state index in [1.54, 1.807) is 6.08 Å². The molecule has 0 aliphatic carbocycles. The Kier molecular flexibility index (Phi) is 3.88. The Balaban J connectivity index is 1.99. The van der Waals surface area contributed by atoms with Gasteiger partial charge in [-0.1, -0.05) is 37.3 Å². The van der Waals surface area contributed by atoms with Crippen LogP contribution in [-0.4, -0.2) is 20.2 Å². The predicted octanol–water partition coefficient (Wildman–Crippen LogP) is 2.21. The monoisotopic (exact) mass is 265 g/mol. The lowest BCUT2D eigenvalue weighted by atomic mass is 10.0. The van der Waals surface area contributed by atoms with Crippen LogP contribution in [-0.2, 0) is 16.3 Å². The number of sulfone groups is 1. The quantitative estimate of drug-likeness (QED) is 0.908. The lowest BCUT2D eigenvalue weighted by Gasteiger charge is -2.18. The molecule has 0 spiro atoms. The highest BCUT2D eigenvalue weighted by atomic mass is 32.2. The second-order valence-corrected chi connectivity index (χ2v) is 6.68. The van der Waals surface area contributed by atoms with Gasteiger partial charge in [0.05, 0.1) is 5.75 Å². The van der Waals surface area contributed by atoms with Gasteiger partial charge in [0.1, 0.15) is 0 Å². The van der Waals surface area contributed by atoms with Gasteiger partial charge in [0, 0.05) is 17.5 Å². The van der Waals surface area contributed by atoms with Crippen molar-refractivity contribution in [3.05, 3.63) is 46.9 Å². The SMILES string of the molecule is CCc1ccc(C(C)NC2C=CS(=O)(=O)C2)cc1. The van der Waals surface area contributed by atoms with Crippen LogP contribution in [0.15, 0.2) is 35.7 Å². The minimum absolute atomic E-state index is 0.0733. The predicted molar refractivity (Wildman–Crippen MR) is 74.1 cm³/mol. The Labute approximate surface area is 109 Å². The molecule has 2 unspecified atom stereocenters. The summed E-state index contributed by atoms with van der Waals surface area (Å²) in [5, 5.41) is 4.63. The molecular weight excluding hydrogens is 246 g/mol. The standard InChI is InChI=1S/C14H19NO2S/c1-3-12-4-6-13(7-5-12)11(2)15-14-8-9-18(16,17)10-14/h4-9,11,14-15H,3,10H2,1-2H3. The summed E-state index contributed by atoms with van der Waals surface area (Å²) in [6.07, 6.45) is 2.76. The van der Waals surface area contributed by atoms with E-state index in [0.29, 0.717) is 0 Å². The van der Waals surface area contributed by atoms with Gasteiger partial charge in [0.25, 0.3) is 0 Å². The average Bonchev–Trinajstić information content (AvgIpc) is 2.68. The molecule has 18 heavy (non-hydrogen) atoms. The van der Waals surface area contributed by atoms with Crippen molar-refractivity contribution in [2.24, 2.45) is 0 Å². The molecule has 98 valence electrons. The lowest BCUT2D eigenvalue weighted by molar-refractivity contribution is 0.535. The number of hydrogen-bond acceptors (Lipinski definition) is 3. The van der Waals surface area contributed by atoms with E-state index in [4.69, 9.17) is 0 Å². The largest absolute Gasteiger partial charge is 0.303 e. The number of benzene rings is 1. The molecule has 0 fully saturated rings. The van der Waals surface area contributed by atoms with Crippen LogP contribution in [0.4, 0.5) is 0 Å². The fraction of sp³-hybridized carbons (Fsp3) is 0.429. The molecule has 2 rings (SSSR count). The highest BCUT2D eigenvalue weighted by molar-refractivity contribution is 7.94. The zero-order valence-corrected chi connectivity index (χ0v) is 11.6. The second-order valence-electron chi connectivity index (χ2n) is 4.75. The molecule has 0 saturated carbocycles.